The molecule has 0 heterocycles. The lowest BCUT2D eigenvalue weighted by atomic mass is 9.86. The maximum absolute atomic E-state index is 9.33. The molecule has 1 unspecified atom stereocenters. The van der Waals surface area contributed by atoms with E-state index in [-0.39, 0.29) is 6.10 Å². The zero-order chi connectivity index (χ0) is 9.84. The lowest BCUT2D eigenvalue weighted by Gasteiger charge is -2.22. The molecule has 0 spiro atoms. The van der Waals surface area contributed by atoms with Crippen LogP contribution in [0.1, 0.15) is 46.5 Å². The monoisotopic (exact) mass is 182 g/mol. The number of hydrogen-bond acceptors (Lipinski definition) is 1. The van der Waals surface area contributed by atoms with E-state index in [9.17, 15) is 5.11 Å². The number of rotatable bonds is 3. The molecule has 0 saturated heterocycles. The molecule has 2 atom stereocenters. The molecule has 13 heavy (non-hydrogen) atoms. The van der Waals surface area contributed by atoms with Crippen molar-refractivity contribution in [1.82, 2.24) is 0 Å². The Hall–Kier alpha value is -0.300. The van der Waals surface area contributed by atoms with Gasteiger partial charge in [-0.3, -0.25) is 0 Å². The van der Waals surface area contributed by atoms with E-state index < -0.39 is 0 Å². The molecule has 0 saturated carbocycles. The molecule has 1 aliphatic rings. The molecule has 0 aromatic rings. The second kappa shape index (κ2) is 4.80. The molecule has 1 nitrogen and oxygen atoms in total. The molecule has 1 aliphatic carbocycles. The predicted molar refractivity (Wildman–Crippen MR) is 56.6 cm³/mol. The highest BCUT2D eigenvalue weighted by Crippen LogP contribution is 2.26. The van der Waals surface area contributed by atoms with Crippen LogP contribution in [0.15, 0.2) is 11.6 Å². The molecular formula is C12H22O. The Labute approximate surface area is 81.9 Å². The van der Waals surface area contributed by atoms with Crippen LogP contribution in [0.3, 0.4) is 0 Å². The normalized spacial score (nSPS) is 25.9. The van der Waals surface area contributed by atoms with Crippen molar-refractivity contribution in [3.63, 3.8) is 0 Å². The molecule has 1 N–H and O–H groups in total. The van der Waals surface area contributed by atoms with E-state index >= 15 is 0 Å². The summed E-state index contributed by atoms with van der Waals surface area (Å²) < 4.78 is 0. The molecule has 0 bridgehead atoms. The topological polar surface area (TPSA) is 20.2 Å². The zero-order valence-corrected chi connectivity index (χ0v) is 9.09. The number of aliphatic hydroxyl groups is 1. The number of allylic oxidation sites excluding steroid dienone is 1. The van der Waals surface area contributed by atoms with E-state index in [1.165, 1.54) is 6.42 Å². The van der Waals surface area contributed by atoms with Crippen LogP contribution in [-0.2, 0) is 0 Å². The van der Waals surface area contributed by atoms with Crippen molar-refractivity contribution in [1.29, 1.82) is 0 Å². The summed E-state index contributed by atoms with van der Waals surface area (Å²) in [5.74, 6) is 1.55. The Morgan fingerprint density at radius 2 is 2.15 bits per heavy atom. The quantitative estimate of drug-likeness (QED) is 0.665. The minimum absolute atomic E-state index is 0.0712. The largest absolute Gasteiger partial charge is 0.393 e. The van der Waals surface area contributed by atoms with Crippen molar-refractivity contribution in [2.75, 3.05) is 0 Å². The van der Waals surface area contributed by atoms with Gasteiger partial charge in [0.05, 0.1) is 6.10 Å². The third kappa shape index (κ3) is 3.51. The molecule has 0 amide bonds. The minimum atomic E-state index is -0.0712. The maximum atomic E-state index is 9.33. The van der Waals surface area contributed by atoms with E-state index in [2.05, 4.69) is 26.8 Å². The standard InChI is InChI=1S/C12H22O/c1-9(2)10(3)8-11-4-6-12(13)7-5-11/h4,9-10,12-13H,5-8H2,1-3H3/t10-,12?/m0/s1. The first-order valence-corrected chi connectivity index (χ1v) is 5.45. The zero-order valence-electron chi connectivity index (χ0n) is 9.09. The fourth-order valence-electron chi connectivity index (χ4n) is 1.71. The van der Waals surface area contributed by atoms with E-state index in [1.54, 1.807) is 5.57 Å². The minimum Gasteiger partial charge on any atom is -0.393 e. The highest BCUT2D eigenvalue weighted by molar-refractivity contribution is 5.07. The van der Waals surface area contributed by atoms with Crippen LogP contribution in [0.2, 0.25) is 0 Å². The Morgan fingerprint density at radius 3 is 2.62 bits per heavy atom. The van der Waals surface area contributed by atoms with E-state index in [1.807, 2.05) is 0 Å². The van der Waals surface area contributed by atoms with Crippen molar-refractivity contribution in [2.24, 2.45) is 11.8 Å². The molecule has 0 aromatic heterocycles. The first-order chi connectivity index (χ1) is 6.09. The van der Waals surface area contributed by atoms with Crippen LogP contribution in [-0.4, -0.2) is 11.2 Å². The summed E-state index contributed by atoms with van der Waals surface area (Å²) in [6, 6.07) is 0. The SMILES string of the molecule is CC(C)[C@@H](C)CC1=CCC(O)CC1. The second-order valence-electron chi connectivity index (χ2n) is 4.72. The summed E-state index contributed by atoms with van der Waals surface area (Å²) in [7, 11) is 0. The average molecular weight is 182 g/mol. The van der Waals surface area contributed by atoms with E-state index in [4.69, 9.17) is 0 Å². The number of hydrogen-bond donors (Lipinski definition) is 1. The Morgan fingerprint density at radius 1 is 1.46 bits per heavy atom. The smallest absolute Gasteiger partial charge is 0.0577 e. The second-order valence-corrected chi connectivity index (χ2v) is 4.72. The molecular weight excluding hydrogens is 160 g/mol. The fourth-order valence-corrected chi connectivity index (χ4v) is 1.71. The van der Waals surface area contributed by atoms with Gasteiger partial charge in [-0.2, -0.15) is 0 Å². The van der Waals surface area contributed by atoms with E-state index in [0.29, 0.717) is 0 Å². The summed E-state index contributed by atoms with van der Waals surface area (Å²) in [6.45, 7) is 6.88. The predicted octanol–water partition coefficient (Wildman–Crippen LogP) is 3.14. The average Bonchev–Trinajstić information content (AvgIpc) is 2.08. The van der Waals surface area contributed by atoms with Crippen LogP contribution < -0.4 is 0 Å². The van der Waals surface area contributed by atoms with Gasteiger partial charge in [0.2, 0.25) is 0 Å². The van der Waals surface area contributed by atoms with Gasteiger partial charge in [0.15, 0.2) is 0 Å². The summed E-state index contributed by atoms with van der Waals surface area (Å²) in [6.07, 6.45) is 6.35. The molecule has 0 aromatic carbocycles. The lowest BCUT2D eigenvalue weighted by Crippen LogP contribution is -2.13. The molecule has 0 radical (unpaired) electrons. The molecule has 0 aliphatic heterocycles. The summed E-state index contributed by atoms with van der Waals surface area (Å²) in [4.78, 5) is 0. The molecule has 76 valence electrons. The Kier molecular flexibility index (Phi) is 3.98. The van der Waals surface area contributed by atoms with Gasteiger partial charge >= 0.3 is 0 Å². The van der Waals surface area contributed by atoms with Gasteiger partial charge in [-0.05, 0) is 37.5 Å². The first-order valence-electron chi connectivity index (χ1n) is 5.45. The van der Waals surface area contributed by atoms with Gasteiger partial charge in [0.1, 0.15) is 0 Å². The highest BCUT2D eigenvalue weighted by Gasteiger charge is 2.14. The highest BCUT2D eigenvalue weighted by atomic mass is 16.3. The van der Waals surface area contributed by atoms with Gasteiger partial charge in [0, 0.05) is 0 Å². The fraction of sp³-hybridized carbons (Fsp3) is 0.833. The van der Waals surface area contributed by atoms with Crippen LogP contribution >= 0.6 is 0 Å². The molecule has 0 fully saturated rings. The van der Waals surface area contributed by atoms with Crippen LogP contribution in [0.4, 0.5) is 0 Å². The first kappa shape index (κ1) is 10.8. The molecule has 1 heteroatoms. The Bertz CT molecular complexity index is 182. The van der Waals surface area contributed by atoms with Gasteiger partial charge in [-0.15, -0.1) is 0 Å². The van der Waals surface area contributed by atoms with Gasteiger partial charge in [0.25, 0.3) is 0 Å². The summed E-state index contributed by atoms with van der Waals surface area (Å²) in [5, 5.41) is 9.33. The van der Waals surface area contributed by atoms with E-state index in [0.717, 1.165) is 31.1 Å². The van der Waals surface area contributed by atoms with Crippen LogP contribution in [0.25, 0.3) is 0 Å². The van der Waals surface area contributed by atoms with Crippen LogP contribution in [0.5, 0.6) is 0 Å². The third-order valence-corrected chi connectivity index (χ3v) is 3.20. The summed E-state index contributed by atoms with van der Waals surface area (Å²) in [5.41, 5.74) is 1.56. The maximum Gasteiger partial charge on any atom is 0.0577 e. The van der Waals surface area contributed by atoms with Gasteiger partial charge in [-0.1, -0.05) is 32.4 Å². The van der Waals surface area contributed by atoms with Gasteiger partial charge in [-0.25, -0.2) is 0 Å². The van der Waals surface area contributed by atoms with Crippen LogP contribution in [0, 0.1) is 11.8 Å². The third-order valence-electron chi connectivity index (χ3n) is 3.20. The van der Waals surface area contributed by atoms with Crippen molar-refractivity contribution < 1.29 is 5.11 Å². The molecule has 1 rings (SSSR count). The lowest BCUT2D eigenvalue weighted by molar-refractivity contribution is 0.161. The van der Waals surface area contributed by atoms with Crippen molar-refractivity contribution in [2.45, 2.75) is 52.6 Å². The summed E-state index contributed by atoms with van der Waals surface area (Å²) >= 11 is 0. The van der Waals surface area contributed by atoms with Crippen molar-refractivity contribution in [3.8, 4) is 0 Å². The van der Waals surface area contributed by atoms with Crippen molar-refractivity contribution >= 4 is 0 Å². The van der Waals surface area contributed by atoms with Gasteiger partial charge < -0.3 is 5.11 Å². The Balaban J connectivity index is 2.37. The number of aliphatic hydroxyl groups excluding tert-OH is 1. The van der Waals surface area contributed by atoms with Crippen molar-refractivity contribution in [3.05, 3.63) is 11.6 Å².